The molecule has 0 saturated carbocycles. The lowest BCUT2D eigenvalue weighted by molar-refractivity contribution is -0.116. The molecule has 1 amide bonds. The number of oxazole rings is 1. The number of aromatic nitrogens is 2. The van der Waals surface area contributed by atoms with Crippen LogP contribution in [-0.2, 0) is 22.4 Å². The van der Waals surface area contributed by atoms with E-state index in [2.05, 4.69) is 79.1 Å². The summed E-state index contributed by atoms with van der Waals surface area (Å²) in [5.74, 6) is 2.23. The molecule has 0 bridgehead atoms. The normalized spacial score (nSPS) is 11.6. The van der Waals surface area contributed by atoms with E-state index in [1.54, 1.807) is 24.2 Å². The fraction of sp³-hybridized carbons (Fsp3) is 0.519. The summed E-state index contributed by atoms with van der Waals surface area (Å²) in [5.41, 5.74) is 2.50. The molecule has 0 fully saturated rings. The summed E-state index contributed by atoms with van der Waals surface area (Å²) in [5, 5.41) is 3.57. The molecule has 3 aromatic rings. The van der Waals surface area contributed by atoms with Gasteiger partial charge in [-0.1, -0.05) is 58.1 Å². The molecule has 0 saturated heterocycles. The summed E-state index contributed by atoms with van der Waals surface area (Å²) >= 11 is 3.10. The van der Waals surface area contributed by atoms with Gasteiger partial charge in [0.05, 0.1) is 22.4 Å². The Morgan fingerprint density at radius 3 is 2.43 bits per heavy atom. The molecule has 6 nitrogen and oxygen atoms in total. The maximum absolute atomic E-state index is 12.4. The number of hydrogen-bond donors (Lipinski definition) is 1. The highest BCUT2D eigenvalue weighted by molar-refractivity contribution is 8.00. The molecule has 0 radical (unpaired) electrons. The van der Waals surface area contributed by atoms with E-state index in [0.29, 0.717) is 23.2 Å². The molecule has 2 heterocycles. The van der Waals surface area contributed by atoms with Crippen molar-refractivity contribution in [1.82, 2.24) is 9.97 Å². The van der Waals surface area contributed by atoms with Crippen molar-refractivity contribution in [3.63, 3.8) is 0 Å². The number of carbonyl (C=O) groups excluding carboxylic acids is 1. The molecule has 0 atom stereocenters. The van der Waals surface area contributed by atoms with Gasteiger partial charge in [0.1, 0.15) is 5.76 Å². The predicted molar refractivity (Wildman–Crippen MR) is 148 cm³/mol. The van der Waals surface area contributed by atoms with Crippen LogP contribution in [0.5, 0.6) is 0 Å². The summed E-state index contributed by atoms with van der Waals surface area (Å²) in [4.78, 5) is 23.5. The third-order valence-corrected chi connectivity index (χ3v) is 7.61. The average Bonchev–Trinajstić information content (AvgIpc) is 3.47. The molecule has 1 N–H and O–H groups in total. The maximum Gasteiger partial charge on any atom is 0.226 e. The fourth-order valence-electron chi connectivity index (χ4n) is 3.66. The average molecular weight is 515 g/mol. The second-order valence-corrected chi connectivity index (χ2v) is 12.0. The second kappa shape index (κ2) is 13.1. The van der Waals surface area contributed by atoms with Crippen LogP contribution in [0.25, 0.3) is 0 Å². The number of rotatable bonds is 13. The molecular formula is C27H38N4O2S2. The van der Waals surface area contributed by atoms with Crippen LogP contribution in [0, 0.1) is 0 Å². The topological polar surface area (TPSA) is 71.3 Å². The Bertz CT molecular complexity index is 1050. The first-order valence-corrected chi connectivity index (χ1v) is 14.3. The molecule has 0 spiro atoms. The quantitative estimate of drug-likeness (QED) is 0.241. The number of anilines is 2. The van der Waals surface area contributed by atoms with Crippen molar-refractivity contribution in [3.05, 3.63) is 53.9 Å². The van der Waals surface area contributed by atoms with Crippen LogP contribution < -0.4 is 10.2 Å². The van der Waals surface area contributed by atoms with Crippen molar-refractivity contribution in [2.24, 2.45) is 0 Å². The van der Waals surface area contributed by atoms with E-state index in [0.717, 1.165) is 48.7 Å². The number of benzene rings is 1. The van der Waals surface area contributed by atoms with Crippen molar-refractivity contribution in [2.45, 2.75) is 82.1 Å². The van der Waals surface area contributed by atoms with Gasteiger partial charge < -0.3 is 14.6 Å². The molecule has 1 aromatic carbocycles. The number of thioether (sulfide) groups is 1. The highest BCUT2D eigenvalue weighted by Crippen LogP contribution is 2.32. The van der Waals surface area contributed by atoms with Gasteiger partial charge in [-0.25, -0.2) is 9.97 Å². The van der Waals surface area contributed by atoms with E-state index in [1.807, 2.05) is 0 Å². The van der Waals surface area contributed by atoms with Gasteiger partial charge in [0.25, 0.3) is 0 Å². The van der Waals surface area contributed by atoms with E-state index in [1.165, 1.54) is 22.6 Å². The molecular weight excluding hydrogens is 476 g/mol. The summed E-state index contributed by atoms with van der Waals surface area (Å²) < 4.78 is 6.87. The lowest BCUT2D eigenvalue weighted by atomic mass is 9.94. The van der Waals surface area contributed by atoms with Crippen LogP contribution in [0.1, 0.15) is 77.5 Å². The van der Waals surface area contributed by atoms with Gasteiger partial charge >= 0.3 is 0 Å². The van der Waals surface area contributed by atoms with Gasteiger partial charge in [-0.3, -0.25) is 4.79 Å². The molecule has 190 valence electrons. The van der Waals surface area contributed by atoms with E-state index in [-0.39, 0.29) is 11.3 Å². The van der Waals surface area contributed by atoms with E-state index in [4.69, 9.17) is 4.42 Å². The zero-order valence-electron chi connectivity index (χ0n) is 21.6. The highest BCUT2D eigenvalue weighted by Gasteiger charge is 2.19. The van der Waals surface area contributed by atoms with E-state index in [9.17, 15) is 4.79 Å². The molecule has 2 aromatic heterocycles. The Morgan fingerprint density at radius 2 is 1.80 bits per heavy atom. The first-order chi connectivity index (χ1) is 16.8. The molecule has 0 unspecified atom stereocenters. The van der Waals surface area contributed by atoms with Crippen LogP contribution in [0.4, 0.5) is 10.8 Å². The van der Waals surface area contributed by atoms with Crippen molar-refractivity contribution in [3.8, 4) is 0 Å². The Hall–Kier alpha value is -2.32. The summed E-state index contributed by atoms with van der Waals surface area (Å²) in [7, 11) is 0. The van der Waals surface area contributed by atoms with Crippen molar-refractivity contribution < 1.29 is 9.21 Å². The van der Waals surface area contributed by atoms with Gasteiger partial charge in [-0.2, -0.15) is 0 Å². The number of amides is 1. The lowest BCUT2D eigenvalue weighted by Crippen LogP contribution is -2.24. The summed E-state index contributed by atoms with van der Waals surface area (Å²) in [6.45, 7) is 12.9. The molecule has 8 heteroatoms. The molecule has 0 aliphatic rings. The maximum atomic E-state index is 12.4. The lowest BCUT2D eigenvalue weighted by Gasteiger charge is -2.24. The minimum Gasteiger partial charge on any atom is -0.444 e. The van der Waals surface area contributed by atoms with Gasteiger partial charge in [0, 0.05) is 30.6 Å². The van der Waals surface area contributed by atoms with Crippen LogP contribution >= 0.6 is 23.1 Å². The number of hydrogen-bond acceptors (Lipinski definition) is 7. The van der Waals surface area contributed by atoms with E-state index >= 15 is 0 Å². The largest absolute Gasteiger partial charge is 0.444 e. The Labute approximate surface area is 217 Å². The van der Waals surface area contributed by atoms with Crippen molar-refractivity contribution in [2.75, 3.05) is 23.3 Å². The number of carbonyl (C=O) groups is 1. The highest BCUT2D eigenvalue weighted by atomic mass is 32.2. The van der Waals surface area contributed by atoms with Gasteiger partial charge in [-0.05, 0) is 43.4 Å². The van der Waals surface area contributed by atoms with Crippen molar-refractivity contribution >= 4 is 39.8 Å². The first kappa shape index (κ1) is 27.3. The van der Waals surface area contributed by atoms with Crippen LogP contribution in [0.2, 0.25) is 0 Å². The second-order valence-electron chi connectivity index (χ2n) is 9.70. The van der Waals surface area contributed by atoms with Crippen molar-refractivity contribution in [1.29, 1.82) is 0 Å². The number of aryl methyl sites for hydroxylation is 1. The third kappa shape index (κ3) is 8.69. The van der Waals surface area contributed by atoms with Gasteiger partial charge in [0.2, 0.25) is 11.8 Å². The molecule has 0 aliphatic carbocycles. The third-order valence-electron chi connectivity index (χ3n) is 5.52. The summed E-state index contributed by atoms with van der Waals surface area (Å²) in [6, 6.07) is 8.79. The first-order valence-electron chi connectivity index (χ1n) is 12.5. The summed E-state index contributed by atoms with van der Waals surface area (Å²) in [6.07, 6.45) is 8.07. The van der Waals surface area contributed by atoms with Gasteiger partial charge in [0.15, 0.2) is 5.13 Å². The zero-order valence-corrected chi connectivity index (χ0v) is 23.2. The number of nitrogens with one attached hydrogen (secondary N) is 1. The Morgan fingerprint density at radius 1 is 1.09 bits per heavy atom. The smallest absolute Gasteiger partial charge is 0.226 e. The number of thiazole rings is 1. The Balaban J connectivity index is 1.40. The SMILES string of the molecule is CCCN(CCC)c1ccc(CCCC(=O)Nc2ncc(SCc3ncc(C(C)(C)C)o3)s2)cc1. The van der Waals surface area contributed by atoms with Crippen LogP contribution in [0.3, 0.4) is 0 Å². The fourth-order valence-corrected chi connectivity index (χ4v) is 5.40. The zero-order chi connectivity index (χ0) is 25.3. The molecule has 35 heavy (non-hydrogen) atoms. The standard InChI is InChI=1S/C27H38N4O2S2/c1-6-15-31(16-7-2)21-13-11-20(12-14-21)9-8-10-23(32)30-26-29-18-25(35-26)34-19-24-28-17-22(33-24)27(3,4)5/h11-14,17-18H,6-10,15-16,19H2,1-5H3,(H,29,30,32). The molecule has 0 aliphatic heterocycles. The van der Waals surface area contributed by atoms with Crippen LogP contribution in [0.15, 0.2) is 45.3 Å². The minimum absolute atomic E-state index is 0.00658. The minimum atomic E-state index is -0.0498. The van der Waals surface area contributed by atoms with Gasteiger partial charge in [-0.15, -0.1) is 11.8 Å². The molecule has 3 rings (SSSR count). The predicted octanol–water partition coefficient (Wildman–Crippen LogP) is 7.31. The monoisotopic (exact) mass is 514 g/mol. The number of nitrogens with zero attached hydrogens (tertiary/aromatic N) is 3. The Kier molecular flexibility index (Phi) is 10.2. The van der Waals surface area contributed by atoms with E-state index < -0.39 is 0 Å². The van der Waals surface area contributed by atoms with Crippen LogP contribution in [-0.4, -0.2) is 29.0 Å².